The number of unbranched alkanes of at least 4 members (excludes halogenated alkanes) is 7. The summed E-state index contributed by atoms with van der Waals surface area (Å²) >= 11 is -3.14. The van der Waals surface area contributed by atoms with E-state index in [1.54, 1.807) is 0 Å². The Balaban J connectivity index is 6.46. The second-order valence-corrected chi connectivity index (χ2v) is 22.6. The second kappa shape index (κ2) is 22.2. The number of carbonyl (C=O) groups is 2. The van der Waals surface area contributed by atoms with Crippen molar-refractivity contribution in [2.75, 3.05) is 13.2 Å². The van der Waals surface area contributed by atoms with Crippen molar-refractivity contribution in [2.24, 2.45) is 0 Å². The fourth-order valence-corrected chi connectivity index (χ4v) is 20.5. The third-order valence-corrected chi connectivity index (χ3v) is 22.0. The van der Waals surface area contributed by atoms with Crippen LogP contribution in [0.3, 0.4) is 0 Å². The molecule has 0 aromatic rings. The standard InChI is InChI=1S/C18H27O4.3C4H9.Sn/c1-4-7-8-9-10-11-12-13-16(18(20)22-6-3)14-15-17(19)21-5-2;3*1-3-4-2;/h11-14H,4-10H2,1-3H3;3*1,3-4H2,2H3;/b12-11+,15-14?,16-13+;;;;. The van der Waals surface area contributed by atoms with Gasteiger partial charge in [-0.25, -0.2) is 0 Å². The van der Waals surface area contributed by atoms with E-state index < -0.39 is 18.4 Å². The van der Waals surface area contributed by atoms with Crippen LogP contribution in [-0.4, -0.2) is 43.5 Å². The van der Waals surface area contributed by atoms with E-state index in [9.17, 15) is 9.59 Å². The molecule has 0 saturated heterocycles. The number of esters is 2. The first kappa shape index (κ1) is 34.0. The third-order valence-electron chi connectivity index (χ3n) is 6.54. The van der Waals surface area contributed by atoms with Crippen molar-refractivity contribution in [3.05, 3.63) is 33.5 Å². The minimum absolute atomic E-state index is 0.203. The molecule has 0 N–H and O–H groups in total. The summed E-state index contributed by atoms with van der Waals surface area (Å²) in [5, 5.41) is 0. The molecule has 0 aromatic carbocycles. The van der Waals surface area contributed by atoms with Crippen LogP contribution >= 0.6 is 0 Å². The van der Waals surface area contributed by atoms with Gasteiger partial charge < -0.3 is 0 Å². The average molecular weight is 597 g/mol. The number of hydrogen-bond donors (Lipinski definition) is 0. The quantitative estimate of drug-likeness (QED) is 0.0436. The summed E-state index contributed by atoms with van der Waals surface area (Å²) in [7, 11) is 0. The number of rotatable bonds is 21. The maximum absolute atomic E-state index is 13.4. The number of carbonyl (C=O) groups excluding carboxylic acids is 2. The number of hydrogen-bond acceptors (Lipinski definition) is 4. The van der Waals surface area contributed by atoms with Gasteiger partial charge in [0.2, 0.25) is 0 Å². The van der Waals surface area contributed by atoms with Gasteiger partial charge in [-0.1, -0.05) is 0 Å². The van der Waals surface area contributed by atoms with E-state index in [0.717, 1.165) is 68.3 Å². The van der Waals surface area contributed by atoms with Crippen LogP contribution in [0, 0.1) is 0 Å². The molecule has 0 amide bonds. The van der Waals surface area contributed by atoms with Gasteiger partial charge in [-0.2, -0.15) is 0 Å². The van der Waals surface area contributed by atoms with Gasteiger partial charge in [0.05, 0.1) is 0 Å². The summed E-state index contributed by atoms with van der Waals surface area (Å²) in [5.74, 6) is -0.558. The molecular weight excluding hydrogens is 543 g/mol. The summed E-state index contributed by atoms with van der Waals surface area (Å²) in [6, 6.07) is 0. The topological polar surface area (TPSA) is 52.6 Å². The van der Waals surface area contributed by atoms with E-state index in [-0.39, 0.29) is 11.9 Å². The average Bonchev–Trinajstić information content (AvgIpc) is 2.85. The fraction of sp³-hybridized carbons (Fsp3) is 0.733. The van der Waals surface area contributed by atoms with Crippen LogP contribution in [0.1, 0.15) is 112 Å². The van der Waals surface area contributed by atoms with Crippen molar-refractivity contribution in [3.63, 3.8) is 0 Å². The molecule has 0 atom stereocenters. The zero-order valence-electron chi connectivity index (χ0n) is 23.8. The first-order chi connectivity index (χ1) is 17.0. The first-order valence-electron chi connectivity index (χ1n) is 14.4. The molecule has 0 heterocycles. The summed E-state index contributed by atoms with van der Waals surface area (Å²) in [6.07, 6.45) is 20.4. The van der Waals surface area contributed by atoms with E-state index in [0.29, 0.717) is 18.8 Å². The van der Waals surface area contributed by atoms with Gasteiger partial charge in [0.25, 0.3) is 0 Å². The molecule has 0 bridgehead atoms. The van der Waals surface area contributed by atoms with Crippen LogP contribution in [0.5, 0.6) is 0 Å². The predicted octanol–water partition coefficient (Wildman–Crippen LogP) is 8.88. The van der Waals surface area contributed by atoms with Gasteiger partial charge >= 0.3 is 222 Å². The summed E-state index contributed by atoms with van der Waals surface area (Å²) in [6.45, 7) is 13.2. The maximum atomic E-state index is 13.4. The van der Waals surface area contributed by atoms with E-state index >= 15 is 0 Å². The molecule has 0 radical (unpaired) electrons. The normalized spacial score (nSPS) is 12.9. The monoisotopic (exact) mass is 598 g/mol. The van der Waals surface area contributed by atoms with Gasteiger partial charge in [-0.3, -0.25) is 0 Å². The first-order valence-corrected chi connectivity index (χ1v) is 21.9. The SMILES string of the molecule is CCCCCC/C=C/C=C(\C=[C](\C(=O)OCC)[Sn]([CH2]CCC)([CH2]CCC)[CH2]CCC)C(=O)OCC. The molecule has 0 aliphatic heterocycles. The van der Waals surface area contributed by atoms with Gasteiger partial charge in [0.1, 0.15) is 0 Å². The van der Waals surface area contributed by atoms with Crippen molar-refractivity contribution in [1.82, 2.24) is 0 Å². The zero-order chi connectivity index (χ0) is 26.4. The third kappa shape index (κ3) is 14.3. The Morgan fingerprint density at radius 3 is 1.66 bits per heavy atom. The van der Waals surface area contributed by atoms with E-state index in [2.05, 4.69) is 33.8 Å². The van der Waals surface area contributed by atoms with Crippen molar-refractivity contribution in [2.45, 2.75) is 125 Å². The van der Waals surface area contributed by atoms with E-state index in [1.807, 2.05) is 32.1 Å². The Morgan fingerprint density at radius 1 is 0.657 bits per heavy atom. The van der Waals surface area contributed by atoms with Crippen LogP contribution in [0.2, 0.25) is 13.3 Å². The molecule has 0 spiro atoms. The number of allylic oxidation sites excluding steroid dienone is 3. The molecule has 0 aromatic heterocycles. The van der Waals surface area contributed by atoms with Crippen LogP contribution < -0.4 is 0 Å². The molecule has 0 aliphatic carbocycles. The van der Waals surface area contributed by atoms with Crippen LogP contribution in [0.4, 0.5) is 0 Å². The molecular formula is C30H54O4Sn. The molecule has 4 nitrogen and oxygen atoms in total. The molecule has 0 unspecified atom stereocenters. The van der Waals surface area contributed by atoms with E-state index in [1.165, 1.54) is 19.3 Å². The summed E-state index contributed by atoms with van der Waals surface area (Å²) < 4.78 is 15.3. The molecule has 0 fully saturated rings. The van der Waals surface area contributed by atoms with Crippen molar-refractivity contribution in [3.8, 4) is 0 Å². The van der Waals surface area contributed by atoms with Gasteiger partial charge in [0, 0.05) is 0 Å². The van der Waals surface area contributed by atoms with Crippen LogP contribution in [0.25, 0.3) is 0 Å². The summed E-state index contributed by atoms with van der Waals surface area (Å²) in [4.78, 5) is 26.4. The Morgan fingerprint density at radius 2 is 1.17 bits per heavy atom. The minimum atomic E-state index is -3.14. The molecule has 0 saturated carbocycles. The molecule has 35 heavy (non-hydrogen) atoms. The van der Waals surface area contributed by atoms with Crippen molar-refractivity contribution in [1.29, 1.82) is 0 Å². The molecule has 202 valence electrons. The molecule has 0 aliphatic rings. The molecule has 5 heteroatoms. The second-order valence-electron chi connectivity index (χ2n) is 9.49. The van der Waals surface area contributed by atoms with Gasteiger partial charge in [-0.05, 0) is 0 Å². The molecule has 0 rings (SSSR count). The Kier molecular flexibility index (Phi) is 21.5. The zero-order valence-corrected chi connectivity index (χ0v) is 26.6. The fourth-order valence-electron chi connectivity index (χ4n) is 4.46. The van der Waals surface area contributed by atoms with E-state index in [4.69, 9.17) is 9.47 Å². The van der Waals surface area contributed by atoms with Gasteiger partial charge in [-0.15, -0.1) is 0 Å². The van der Waals surface area contributed by atoms with Crippen molar-refractivity contribution < 1.29 is 19.1 Å². The number of ether oxygens (including phenoxy) is 2. The Bertz CT molecular complexity index is 641. The Hall–Kier alpha value is -1.04. The van der Waals surface area contributed by atoms with Crippen LogP contribution in [-0.2, 0) is 19.1 Å². The predicted molar refractivity (Wildman–Crippen MR) is 152 cm³/mol. The van der Waals surface area contributed by atoms with Gasteiger partial charge in [0.15, 0.2) is 0 Å². The van der Waals surface area contributed by atoms with Crippen LogP contribution in [0.15, 0.2) is 33.5 Å². The summed E-state index contributed by atoms with van der Waals surface area (Å²) in [5.41, 5.74) is 0.477. The van der Waals surface area contributed by atoms with Crippen molar-refractivity contribution >= 4 is 30.3 Å². The Labute approximate surface area is 220 Å².